The van der Waals surface area contributed by atoms with Crippen LogP contribution in [0.2, 0.25) is 0 Å². The molecule has 0 aliphatic heterocycles. The van der Waals surface area contributed by atoms with E-state index in [-0.39, 0.29) is 11.7 Å². The van der Waals surface area contributed by atoms with E-state index in [1.807, 2.05) is 0 Å². The number of nitrogens with one attached hydrogen (secondary N) is 1. The van der Waals surface area contributed by atoms with Gasteiger partial charge >= 0.3 is 5.97 Å². The van der Waals surface area contributed by atoms with E-state index in [0.29, 0.717) is 51.1 Å². The Morgan fingerprint density at radius 2 is 2.12 bits per heavy atom. The number of amides is 1. The maximum atomic E-state index is 12.2. The average Bonchev–Trinajstić information content (AvgIpc) is 3.05. The van der Waals surface area contributed by atoms with Gasteiger partial charge in [0, 0.05) is 17.5 Å². The van der Waals surface area contributed by atoms with Gasteiger partial charge in [0.05, 0.1) is 11.4 Å². The molecular weight excluding hydrogens is 332 g/mol. The highest BCUT2D eigenvalue weighted by molar-refractivity contribution is 7.17. The van der Waals surface area contributed by atoms with Crippen LogP contribution in [0.4, 0.5) is 5.13 Å². The molecule has 0 saturated carbocycles. The van der Waals surface area contributed by atoms with Gasteiger partial charge in [-0.05, 0) is 26.7 Å². The lowest BCUT2D eigenvalue weighted by Crippen LogP contribution is -2.22. The molecule has 0 aromatic carbocycles. The van der Waals surface area contributed by atoms with Crippen molar-refractivity contribution in [2.24, 2.45) is 5.10 Å². The van der Waals surface area contributed by atoms with Gasteiger partial charge in [0.1, 0.15) is 10.6 Å². The molecule has 9 heteroatoms. The van der Waals surface area contributed by atoms with Crippen LogP contribution in [-0.2, 0) is 6.42 Å². The fourth-order valence-electron chi connectivity index (χ4n) is 2.78. The van der Waals surface area contributed by atoms with Crippen molar-refractivity contribution in [1.82, 2.24) is 10.4 Å². The van der Waals surface area contributed by atoms with Gasteiger partial charge in [-0.15, -0.1) is 0 Å². The lowest BCUT2D eigenvalue weighted by molar-refractivity contribution is 0.0659. The van der Waals surface area contributed by atoms with E-state index in [4.69, 9.17) is 10.2 Å². The first-order chi connectivity index (χ1) is 11.4. The van der Waals surface area contributed by atoms with Crippen molar-refractivity contribution in [2.75, 3.05) is 5.73 Å². The average molecular weight is 348 g/mol. The number of aromatic nitrogens is 1. The molecule has 0 radical (unpaired) electrons. The molecule has 1 aliphatic rings. The first-order valence-electron chi connectivity index (χ1n) is 7.34. The van der Waals surface area contributed by atoms with Gasteiger partial charge in [0.2, 0.25) is 5.76 Å². The largest absolute Gasteiger partial charge is 0.475 e. The van der Waals surface area contributed by atoms with Crippen LogP contribution in [-0.4, -0.2) is 27.7 Å². The van der Waals surface area contributed by atoms with Gasteiger partial charge in [0.25, 0.3) is 5.91 Å². The number of carboxylic acid groups (broad SMARTS) is 1. The Labute approximate surface area is 141 Å². The number of rotatable bonds is 3. The zero-order chi connectivity index (χ0) is 17.4. The maximum Gasteiger partial charge on any atom is 0.372 e. The quantitative estimate of drug-likeness (QED) is 0.728. The number of hydrazone groups is 1. The van der Waals surface area contributed by atoms with E-state index >= 15 is 0 Å². The molecule has 0 fully saturated rings. The summed E-state index contributed by atoms with van der Waals surface area (Å²) in [6, 6.07) is 0. The molecule has 24 heavy (non-hydrogen) atoms. The summed E-state index contributed by atoms with van der Waals surface area (Å²) < 4.78 is 5.42. The van der Waals surface area contributed by atoms with Crippen molar-refractivity contribution in [3.8, 4) is 0 Å². The molecule has 0 spiro atoms. The number of aromatic carboxylic acids is 1. The molecule has 3 rings (SSSR count). The lowest BCUT2D eigenvalue weighted by atomic mass is 9.93. The molecule has 1 amide bonds. The summed E-state index contributed by atoms with van der Waals surface area (Å²) in [6.45, 7) is 3.38. The van der Waals surface area contributed by atoms with Crippen LogP contribution in [0.25, 0.3) is 0 Å². The number of nitrogens with two attached hydrogens (primary N) is 1. The molecule has 2 aromatic heterocycles. The van der Waals surface area contributed by atoms with Gasteiger partial charge < -0.3 is 15.3 Å². The van der Waals surface area contributed by atoms with E-state index in [9.17, 15) is 14.7 Å². The molecule has 0 bridgehead atoms. The normalized spacial score (nSPS) is 15.3. The highest BCUT2D eigenvalue weighted by Gasteiger charge is 2.28. The Balaban J connectivity index is 1.89. The number of thiazole rings is 1. The number of hydrogen-bond acceptors (Lipinski definition) is 7. The minimum Gasteiger partial charge on any atom is -0.475 e. The monoisotopic (exact) mass is 348 g/mol. The predicted octanol–water partition coefficient (Wildman–Crippen LogP) is 2.10. The van der Waals surface area contributed by atoms with Crippen molar-refractivity contribution in [3.05, 3.63) is 33.2 Å². The number of hydrogen-bond donors (Lipinski definition) is 3. The molecule has 4 N–H and O–H groups in total. The third-order valence-corrected chi connectivity index (χ3v) is 4.82. The number of anilines is 1. The minimum absolute atomic E-state index is 0.0769. The summed E-state index contributed by atoms with van der Waals surface area (Å²) in [4.78, 5) is 27.8. The van der Waals surface area contributed by atoms with Crippen LogP contribution >= 0.6 is 11.3 Å². The molecule has 0 saturated heterocycles. The summed E-state index contributed by atoms with van der Waals surface area (Å²) in [5.41, 5.74) is 10.5. The Morgan fingerprint density at radius 1 is 1.38 bits per heavy atom. The summed E-state index contributed by atoms with van der Waals surface area (Å²) in [6.07, 6.45) is 2.07. The summed E-state index contributed by atoms with van der Waals surface area (Å²) in [5, 5.41) is 13.7. The van der Waals surface area contributed by atoms with Crippen LogP contribution in [0.1, 0.15) is 55.6 Å². The van der Waals surface area contributed by atoms with Crippen LogP contribution in [0.5, 0.6) is 0 Å². The lowest BCUT2D eigenvalue weighted by Gasteiger charge is -2.13. The zero-order valence-corrected chi connectivity index (χ0v) is 14.0. The summed E-state index contributed by atoms with van der Waals surface area (Å²) in [5.74, 6) is -0.976. The number of nitrogens with zero attached hydrogens (tertiary/aromatic N) is 2. The number of fused-ring (bicyclic) bond motifs is 1. The number of carboxylic acids is 1. The number of carbonyl (C=O) groups excluding carboxylic acids is 1. The second-order valence-corrected chi connectivity index (χ2v) is 6.51. The minimum atomic E-state index is -1.11. The number of furan rings is 1. The first-order valence-corrected chi connectivity index (χ1v) is 8.16. The molecule has 1 aliphatic carbocycles. The Bertz CT molecular complexity index is 865. The molecule has 2 aromatic rings. The van der Waals surface area contributed by atoms with Crippen LogP contribution in [0.15, 0.2) is 9.52 Å². The second-order valence-electron chi connectivity index (χ2n) is 5.48. The van der Waals surface area contributed by atoms with Crippen molar-refractivity contribution in [2.45, 2.75) is 33.1 Å². The van der Waals surface area contributed by atoms with Crippen LogP contribution in [0, 0.1) is 13.8 Å². The second kappa shape index (κ2) is 6.08. The highest BCUT2D eigenvalue weighted by Crippen LogP contribution is 2.30. The zero-order valence-electron chi connectivity index (χ0n) is 13.2. The molecular formula is C15H16N4O4S. The van der Waals surface area contributed by atoms with Crippen LogP contribution < -0.4 is 11.2 Å². The number of carbonyl (C=O) groups is 2. The molecule has 0 unspecified atom stereocenters. The fraction of sp³-hybridized carbons (Fsp3) is 0.333. The molecule has 8 nitrogen and oxygen atoms in total. The standard InChI is InChI=1S/C15H16N4O4S/c1-6-10-8(4-3-5-9(10)23-11(6)14(21)22)18-19-13(20)12-7(2)17-15(16)24-12/h3-5H2,1-2H3,(H2,16,17)(H,19,20)(H,21,22). The summed E-state index contributed by atoms with van der Waals surface area (Å²) >= 11 is 1.09. The van der Waals surface area contributed by atoms with Crippen LogP contribution in [0.3, 0.4) is 0 Å². The maximum absolute atomic E-state index is 12.2. The van der Waals surface area contributed by atoms with Crippen molar-refractivity contribution in [3.63, 3.8) is 0 Å². The van der Waals surface area contributed by atoms with Crippen molar-refractivity contribution < 1.29 is 19.1 Å². The topological polar surface area (TPSA) is 131 Å². The number of nitrogen functional groups attached to an aromatic ring is 1. The van der Waals surface area contributed by atoms with E-state index in [1.165, 1.54) is 0 Å². The van der Waals surface area contributed by atoms with Crippen molar-refractivity contribution >= 4 is 34.1 Å². The third-order valence-electron chi connectivity index (χ3n) is 3.83. The van der Waals surface area contributed by atoms with Gasteiger partial charge in [-0.3, -0.25) is 4.79 Å². The molecule has 0 atom stereocenters. The SMILES string of the molecule is Cc1nc(N)sc1C(=O)NN=C1CCCc2oc(C(=O)O)c(C)c21. The molecule has 2 heterocycles. The van der Waals surface area contributed by atoms with Gasteiger partial charge in [0.15, 0.2) is 5.13 Å². The van der Waals surface area contributed by atoms with Gasteiger partial charge in [-0.1, -0.05) is 11.3 Å². The summed E-state index contributed by atoms with van der Waals surface area (Å²) in [7, 11) is 0. The predicted molar refractivity (Wildman–Crippen MR) is 88.6 cm³/mol. The Kier molecular flexibility index (Phi) is 4.10. The first kappa shape index (κ1) is 16.2. The highest BCUT2D eigenvalue weighted by atomic mass is 32.1. The molecule has 126 valence electrons. The smallest absolute Gasteiger partial charge is 0.372 e. The Hall–Kier alpha value is -2.68. The number of aryl methyl sites for hydroxylation is 2. The van der Waals surface area contributed by atoms with Crippen molar-refractivity contribution in [1.29, 1.82) is 0 Å². The Morgan fingerprint density at radius 3 is 2.75 bits per heavy atom. The van der Waals surface area contributed by atoms with E-state index in [1.54, 1.807) is 13.8 Å². The van der Waals surface area contributed by atoms with E-state index < -0.39 is 5.97 Å². The third kappa shape index (κ3) is 2.78. The van der Waals surface area contributed by atoms with Gasteiger partial charge in [-0.2, -0.15) is 5.10 Å². The van der Waals surface area contributed by atoms with E-state index in [0.717, 1.165) is 17.8 Å². The van der Waals surface area contributed by atoms with E-state index in [2.05, 4.69) is 15.5 Å². The van der Waals surface area contributed by atoms with Gasteiger partial charge in [-0.25, -0.2) is 15.2 Å². The fourth-order valence-corrected chi connectivity index (χ4v) is 3.50.